The summed E-state index contributed by atoms with van der Waals surface area (Å²) < 4.78 is 11.0. The highest BCUT2D eigenvalue weighted by molar-refractivity contribution is 5.71. The van der Waals surface area contributed by atoms with Gasteiger partial charge in [-0.2, -0.15) is 0 Å². The predicted molar refractivity (Wildman–Crippen MR) is 201 cm³/mol. The fourth-order valence-electron chi connectivity index (χ4n) is 9.55. The van der Waals surface area contributed by atoms with Gasteiger partial charge in [0.25, 0.3) is 0 Å². The molecule has 0 aliphatic heterocycles. The van der Waals surface area contributed by atoms with Crippen molar-refractivity contribution in [2.75, 3.05) is 7.11 Å². The Morgan fingerprint density at radius 1 is 0.938 bits per heavy atom. The number of hydrogen-bond acceptors (Lipinski definition) is 4. The zero-order valence-electron chi connectivity index (χ0n) is 31.7. The minimum Gasteiger partial charge on any atom is -0.469 e. The Hall–Kier alpha value is -2.10. The molecule has 272 valence electrons. The van der Waals surface area contributed by atoms with Gasteiger partial charge in [0.1, 0.15) is 6.10 Å². The lowest BCUT2D eigenvalue weighted by molar-refractivity contribution is -0.151. The Bertz CT molecular complexity index is 1050. The average Bonchev–Trinajstić information content (AvgIpc) is 3.15. The lowest BCUT2D eigenvalue weighted by Gasteiger charge is -2.51. The van der Waals surface area contributed by atoms with Crippen molar-refractivity contribution in [3.05, 3.63) is 48.6 Å². The van der Waals surface area contributed by atoms with Crippen LogP contribution in [0.25, 0.3) is 0 Å². The molecule has 0 unspecified atom stereocenters. The van der Waals surface area contributed by atoms with E-state index >= 15 is 0 Å². The summed E-state index contributed by atoms with van der Waals surface area (Å²) in [6, 6.07) is 0. The third kappa shape index (κ3) is 13.0. The Morgan fingerprint density at radius 2 is 1.69 bits per heavy atom. The molecule has 0 aromatic carbocycles. The molecule has 0 aromatic rings. The summed E-state index contributed by atoms with van der Waals surface area (Å²) in [4.78, 5) is 24.6. The summed E-state index contributed by atoms with van der Waals surface area (Å²) in [6.07, 6.45) is 37.1. The van der Waals surface area contributed by atoms with Crippen molar-refractivity contribution >= 4 is 11.9 Å². The smallest absolute Gasteiger partial charge is 0.308 e. The van der Waals surface area contributed by atoms with E-state index in [0.717, 1.165) is 75.0 Å². The largest absolute Gasteiger partial charge is 0.469 e. The van der Waals surface area contributed by atoms with Gasteiger partial charge in [0, 0.05) is 12.8 Å². The predicted octanol–water partition coefficient (Wildman–Crippen LogP) is 12.3. The molecule has 0 bridgehead atoms. The van der Waals surface area contributed by atoms with Gasteiger partial charge in [-0.3, -0.25) is 9.59 Å². The SMILES string of the molecule is C=C/C=C/C=C/CCCCCCCCCC(=O)O[C@H]1CC[C@@]2(C)C(=CC[C@H]3CCC[C@H]([C@H](C)CCC[C@H](C)C(=O)OC)[C@@H](C)CC[C@@H]32)C1. The fraction of sp³-hybridized carbons (Fsp3) is 0.773. The first-order chi connectivity index (χ1) is 23.2. The summed E-state index contributed by atoms with van der Waals surface area (Å²) in [5.41, 5.74) is 1.85. The van der Waals surface area contributed by atoms with Gasteiger partial charge in [0.15, 0.2) is 0 Å². The van der Waals surface area contributed by atoms with Crippen LogP contribution in [0, 0.1) is 40.9 Å². The molecule has 48 heavy (non-hydrogen) atoms. The number of unbranched alkanes of at least 4 members (excludes halogenated alkanes) is 7. The van der Waals surface area contributed by atoms with Crippen LogP contribution < -0.4 is 0 Å². The molecular formula is C44H72O4. The van der Waals surface area contributed by atoms with E-state index < -0.39 is 0 Å². The number of carbonyl (C=O) groups is 2. The molecule has 0 radical (unpaired) electrons. The van der Waals surface area contributed by atoms with Gasteiger partial charge in [-0.25, -0.2) is 0 Å². The molecular weight excluding hydrogens is 592 g/mol. The van der Waals surface area contributed by atoms with Crippen molar-refractivity contribution < 1.29 is 19.1 Å². The molecule has 8 atom stereocenters. The summed E-state index contributed by atoms with van der Waals surface area (Å²) >= 11 is 0. The van der Waals surface area contributed by atoms with Crippen molar-refractivity contribution in [2.24, 2.45) is 40.9 Å². The van der Waals surface area contributed by atoms with Gasteiger partial charge in [0.05, 0.1) is 13.0 Å². The van der Waals surface area contributed by atoms with E-state index in [0.29, 0.717) is 12.3 Å². The second-order valence-corrected chi connectivity index (χ2v) is 16.1. The first kappa shape index (κ1) is 40.3. The van der Waals surface area contributed by atoms with Crippen LogP contribution >= 0.6 is 0 Å². The van der Waals surface area contributed by atoms with E-state index in [1.165, 1.54) is 84.2 Å². The van der Waals surface area contributed by atoms with Crippen LogP contribution in [0.15, 0.2) is 48.6 Å². The summed E-state index contributed by atoms with van der Waals surface area (Å²) in [5, 5.41) is 0. The summed E-state index contributed by atoms with van der Waals surface area (Å²) in [6.45, 7) is 13.2. The molecule has 0 aromatic heterocycles. The van der Waals surface area contributed by atoms with Crippen molar-refractivity contribution in [3.8, 4) is 0 Å². The molecule has 0 spiro atoms. The first-order valence-electron chi connectivity index (χ1n) is 20.1. The third-order valence-corrected chi connectivity index (χ3v) is 12.7. The highest BCUT2D eigenvalue weighted by Crippen LogP contribution is 2.56. The number of methoxy groups -OCH3 is 1. The van der Waals surface area contributed by atoms with Crippen LogP contribution in [-0.2, 0) is 19.1 Å². The van der Waals surface area contributed by atoms with Gasteiger partial charge >= 0.3 is 11.9 Å². The molecule has 0 N–H and O–H groups in total. The zero-order chi connectivity index (χ0) is 34.8. The number of carbonyl (C=O) groups excluding carboxylic acids is 2. The topological polar surface area (TPSA) is 52.6 Å². The van der Waals surface area contributed by atoms with Crippen LogP contribution in [0.2, 0.25) is 0 Å². The monoisotopic (exact) mass is 665 g/mol. The van der Waals surface area contributed by atoms with Gasteiger partial charge in [-0.1, -0.05) is 134 Å². The van der Waals surface area contributed by atoms with Crippen LogP contribution in [0.3, 0.4) is 0 Å². The molecule has 0 amide bonds. The lowest BCUT2D eigenvalue weighted by Crippen LogP contribution is -2.43. The summed E-state index contributed by atoms with van der Waals surface area (Å²) in [5.74, 6) is 3.71. The number of ether oxygens (including phenoxy) is 2. The van der Waals surface area contributed by atoms with Crippen LogP contribution in [0.1, 0.15) is 163 Å². The van der Waals surface area contributed by atoms with E-state index in [2.05, 4.69) is 45.6 Å². The molecule has 0 saturated heterocycles. The number of fused-ring (bicyclic) bond motifs is 3. The van der Waals surface area contributed by atoms with Gasteiger partial charge in [-0.15, -0.1) is 0 Å². The van der Waals surface area contributed by atoms with Gasteiger partial charge in [0.2, 0.25) is 0 Å². The second kappa shape index (κ2) is 21.9. The van der Waals surface area contributed by atoms with E-state index in [9.17, 15) is 9.59 Å². The Balaban J connectivity index is 1.37. The Morgan fingerprint density at radius 3 is 2.44 bits per heavy atom. The molecule has 2 fully saturated rings. The highest BCUT2D eigenvalue weighted by Gasteiger charge is 2.47. The molecule has 3 rings (SSSR count). The van der Waals surface area contributed by atoms with Crippen molar-refractivity contribution in [3.63, 3.8) is 0 Å². The zero-order valence-corrected chi connectivity index (χ0v) is 31.7. The van der Waals surface area contributed by atoms with E-state index in [-0.39, 0.29) is 29.4 Å². The van der Waals surface area contributed by atoms with Gasteiger partial charge < -0.3 is 9.47 Å². The van der Waals surface area contributed by atoms with E-state index in [1.807, 2.05) is 19.1 Å². The minimum atomic E-state index is -0.0736. The lowest BCUT2D eigenvalue weighted by atomic mass is 9.55. The van der Waals surface area contributed by atoms with Crippen LogP contribution in [0.5, 0.6) is 0 Å². The normalized spacial score (nSPS) is 29.1. The van der Waals surface area contributed by atoms with E-state index in [1.54, 1.807) is 11.6 Å². The molecule has 3 aliphatic rings. The third-order valence-electron chi connectivity index (χ3n) is 12.7. The molecule has 3 aliphatic carbocycles. The number of rotatable bonds is 19. The van der Waals surface area contributed by atoms with Crippen molar-refractivity contribution in [1.82, 2.24) is 0 Å². The Labute approximate surface area is 295 Å². The molecule has 4 heteroatoms. The fourth-order valence-corrected chi connectivity index (χ4v) is 9.55. The van der Waals surface area contributed by atoms with Crippen molar-refractivity contribution in [2.45, 2.75) is 169 Å². The molecule has 2 saturated carbocycles. The van der Waals surface area contributed by atoms with E-state index in [4.69, 9.17) is 9.47 Å². The maximum Gasteiger partial charge on any atom is 0.308 e. The quantitative estimate of drug-likeness (QED) is 0.0597. The second-order valence-electron chi connectivity index (χ2n) is 16.1. The maximum absolute atomic E-state index is 12.8. The molecule has 4 nitrogen and oxygen atoms in total. The minimum absolute atomic E-state index is 0.00352. The average molecular weight is 665 g/mol. The van der Waals surface area contributed by atoms with Crippen LogP contribution in [0.4, 0.5) is 0 Å². The molecule has 0 heterocycles. The van der Waals surface area contributed by atoms with Crippen LogP contribution in [-0.4, -0.2) is 25.2 Å². The maximum atomic E-state index is 12.8. The standard InChI is InChI=1S/C44H72O4/c1-7-8-9-10-11-12-13-14-15-16-17-18-19-26-42(45)48-39-31-32-44(5)38(33-39)29-28-37-24-21-25-40(35(3)27-30-41(37)44)34(2)22-20-23-36(4)43(46)47-6/h7-11,29,34-37,39-41H,1,12-28,30-33H2,2-6H3/b9-8+,11-10+/t34-,35+,36+,37-,39+,40-,41+,44+/m1/s1. The van der Waals surface area contributed by atoms with Crippen molar-refractivity contribution in [1.29, 1.82) is 0 Å². The highest BCUT2D eigenvalue weighted by atomic mass is 16.5. The van der Waals surface area contributed by atoms with Gasteiger partial charge in [-0.05, 0) is 99.2 Å². The number of esters is 2. The Kier molecular flexibility index (Phi) is 18.4. The summed E-state index contributed by atoms with van der Waals surface area (Å²) in [7, 11) is 1.50. The number of hydrogen-bond donors (Lipinski definition) is 0. The number of allylic oxidation sites excluding steroid dienone is 6. The first-order valence-corrected chi connectivity index (χ1v) is 20.1.